The van der Waals surface area contributed by atoms with Gasteiger partial charge < -0.3 is 5.32 Å². The number of hydrogen-bond acceptors (Lipinski definition) is 4. The van der Waals surface area contributed by atoms with Gasteiger partial charge in [-0.15, -0.1) is 0 Å². The van der Waals surface area contributed by atoms with Crippen LogP contribution in [0.4, 0.5) is 5.69 Å². The molecule has 0 aliphatic rings. The van der Waals surface area contributed by atoms with Crippen LogP contribution in [0.5, 0.6) is 0 Å². The van der Waals surface area contributed by atoms with E-state index in [1.807, 2.05) is 30.3 Å². The summed E-state index contributed by atoms with van der Waals surface area (Å²) in [4.78, 5) is 11.0. The summed E-state index contributed by atoms with van der Waals surface area (Å²) in [5, 5.41) is 6.74. The van der Waals surface area contributed by atoms with Gasteiger partial charge in [0.05, 0.1) is 24.7 Å². The Balaban J connectivity index is 2.01. The second-order valence-corrected chi connectivity index (χ2v) is 7.24. The molecule has 0 atom stereocenters. The molecular weight excluding hydrogens is 316 g/mol. The lowest BCUT2D eigenvalue weighted by Gasteiger charge is -2.20. The van der Waals surface area contributed by atoms with Gasteiger partial charge >= 0.3 is 0 Å². The molecule has 7 nitrogen and oxygen atoms in total. The predicted octanol–water partition coefficient (Wildman–Crippen LogP) is 1.30. The third-order valence-corrected chi connectivity index (χ3v) is 4.45. The lowest BCUT2D eigenvalue weighted by molar-refractivity contribution is -0.114. The Morgan fingerprint density at radius 2 is 2.00 bits per heavy atom. The highest BCUT2D eigenvalue weighted by Gasteiger charge is 2.17. The number of carbonyl (C=O) groups is 1. The molecule has 0 bridgehead atoms. The van der Waals surface area contributed by atoms with Gasteiger partial charge in [-0.1, -0.05) is 30.3 Å². The Bertz CT molecular complexity index is 756. The molecule has 1 aromatic carbocycles. The number of carbonyl (C=O) groups excluding carboxylic acids is 1. The maximum atomic E-state index is 11.9. The predicted molar refractivity (Wildman–Crippen MR) is 88.2 cm³/mol. The maximum absolute atomic E-state index is 11.9. The SMILES string of the molecule is CC(=O)Nc1cnn(CCN(Cc2ccccc2)S(C)(=O)=O)c1. The van der Waals surface area contributed by atoms with Crippen molar-refractivity contribution in [2.24, 2.45) is 0 Å². The van der Waals surface area contributed by atoms with Gasteiger partial charge in [0.25, 0.3) is 0 Å². The van der Waals surface area contributed by atoms with Gasteiger partial charge in [-0.3, -0.25) is 9.48 Å². The molecule has 0 spiro atoms. The first-order chi connectivity index (χ1) is 10.8. The fourth-order valence-corrected chi connectivity index (χ4v) is 2.91. The monoisotopic (exact) mass is 336 g/mol. The molecule has 8 heteroatoms. The molecule has 23 heavy (non-hydrogen) atoms. The fourth-order valence-electron chi connectivity index (χ4n) is 2.12. The van der Waals surface area contributed by atoms with Gasteiger partial charge in [-0.25, -0.2) is 8.42 Å². The minimum atomic E-state index is -3.32. The molecular formula is C15H20N4O3S. The van der Waals surface area contributed by atoms with Crippen molar-refractivity contribution in [2.45, 2.75) is 20.0 Å². The average Bonchev–Trinajstić information content (AvgIpc) is 2.90. The molecule has 0 aliphatic carbocycles. The average molecular weight is 336 g/mol. The van der Waals surface area contributed by atoms with Gasteiger partial charge in [0.1, 0.15) is 0 Å². The Labute approximate surface area is 136 Å². The Morgan fingerprint density at radius 1 is 1.30 bits per heavy atom. The van der Waals surface area contributed by atoms with Crippen molar-refractivity contribution in [3.8, 4) is 0 Å². The lowest BCUT2D eigenvalue weighted by Crippen LogP contribution is -2.32. The Hall–Kier alpha value is -2.19. The molecule has 2 rings (SSSR count). The number of sulfonamides is 1. The molecule has 2 aromatic rings. The van der Waals surface area contributed by atoms with Crippen molar-refractivity contribution in [2.75, 3.05) is 18.1 Å². The van der Waals surface area contributed by atoms with E-state index in [-0.39, 0.29) is 5.91 Å². The van der Waals surface area contributed by atoms with Crippen LogP contribution >= 0.6 is 0 Å². The summed E-state index contributed by atoms with van der Waals surface area (Å²) in [5.41, 5.74) is 1.52. The number of nitrogens with one attached hydrogen (secondary N) is 1. The molecule has 1 heterocycles. The highest BCUT2D eigenvalue weighted by molar-refractivity contribution is 7.88. The molecule has 0 fully saturated rings. The van der Waals surface area contributed by atoms with Crippen molar-refractivity contribution in [1.29, 1.82) is 0 Å². The van der Waals surface area contributed by atoms with Crippen LogP contribution < -0.4 is 5.32 Å². The van der Waals surface area contributed by atoms with E-state index < -0.39 is 10.0 Å². The van der Waals surface area contributed by atoms with Crippen LogP contribution in [-0.2, 0) is 27.9 Å². The quantitative estimate of drug-likeness (QED) is 0.826. The van der Waals surface area contributed by atoms with E-state index in [1.165, 1.54) is 23.7 Å². The van der Waals surface area contributed by atoms with E-state index in [1.54, 1.807) is 10.9 Å². The first-order valence-corrected chi connectivity index (χ1v) is 8.98. The van der Waals surface area contributed by atoms with Crippen LogP contribution in [0, 0.1) is 0 Å². The third kappa shape index (κ3) is 5.50. The van der Waals surface area contributed by atoms with E-state index in [4.69, 9.17) is 0 Å². The summed E-state index contributed by atoms with van der Waals surface area (Å²) in [7, 11) is -3.32. The third-order valence-electron chi connectivity index (χ3n) is 3.20. The molecule has 0 saturated carbocycles. The van der Waals surface area contributed by atoms with Crippen LogP contribution in [0.15, 0.2) is 42.7 Å². The molecule has 0 aliphatic heterocycles. The molecule has 1 aromatic heterocycles. The minimum absolute atomic E-state index is 0.175. The number of aromatic nitrogens is 2. The zero-order valence-corrected chi connectivity index (χ0v) is 14.0. The number of nitrogens with zero attached hydrogens (tertiary/aromatic N) is 3. The van der Waals surface area contributed by atoms with Gasteiger partial charge in [-0.05, 0) is 5.56 Å². The van der Waals surface area contributed by atoms with E-state index in [2.05, 4.69) is 10.4 Å². The van der Waals surface area contributed by atoms with E-state index >= 15 is 0 Å². The molecule has 0 unspecified atom stereocenters. The number of rotatable bonds is 7. The first kappa shape index (κ1) is 17.2. The largest absolute Gasteiger partial charge is 0.324 e. The number of benzene rings is 1. The smallest absolute Gasteiger partial charge is 0.221 e. The van der Waals surface area contributed by atoms with Crippen LogP contribution in [0.2, 0.25) is 0 Å². The van der Waals surface area contributed by atoms with Crippen molar-refractivity contribution < 1.29 is 13.2 Å². The van der Waals surface area contributed by atoms with Gasteiger partial charge in [-0.2, -0.15) is 9.40 Å². The minimum Gasteiger partial charge on any atom is -0.324 e. The van der Waals surface area contributed by atoms with Crippen LogP contribution in [0.1, 0.15) is 12.5 Å². The molecule has 124 valence electrons. The number of amides is 1. The van der Waals surface area contributed by atoms with Gasteiger partial charge in [0.2, 0.25) is 15.9 Å². The summed E-state index contributed by atoms with van der Waals surface area (Å²) in [6.45, 7) is 2.44. The Kier molecular flexibility index (Phi) is 5.51. The summed E-state index contributed by atoms with van der Waals surface area (Å²) in [5.74, 6) is -0.175. The topological polar surface area (TPSA) is 84.3 Å². The maximum Gasteiger partial charge on any atom is 0.221 e. The highest BCUT2D eigenvalue weighted by atomic mass is 32.2. The fraction of sp³-hybridized carbons (Fsp3) is 0.333. The summed E-state index contributed by atoms with van der Waals surface area (Å²) >= 11 is 0. The van der Waals surface area contributed by atoms with Crippen LogP contribution in [0.25, 0.3) is 0 Å². The molecule has 1 amide bonds. The van der Waals surface area contributed by atoms with Crippen LogP contribution in [0.3, 0.4) is 0 Å². The van der Waals surface area contributed by atoms with E-state index in [9.17, 15) is 13.2 Å². The second-order valence-electron chi connectivity index (χ2n) is 5.26. The van der Waals surface area contributed by atoms with E-state index in [0.717, 1.165) is 5.56 Å². The highest BCUT2D eigenvalue weighted by Crippen LogP contribution is 2.10. The number of hydrogen-bond donors (Lipinski definition) is 1. The number of anilines is 1. The Morgan fingerprint density at radius 3 is 2.61 bits per heavy atom. The van der Waals surface area contributed by atoms with Gasteiger partial charge in [0, 0.05) is 26.2 Å². The van der Waals surface area contributed by atoms with Crippen molar-refractivity contribution in [1.82, 2.24) is 14.1 Å². The summed E-state index contributed by atoms with van der Waals surface area (Å²) < 4.78 is 26.9. The summed E-state index contributed by atoms with van der Waals surface area (Å²) in [6.07, 6.45) is 4.40. The van der Waals surface area contributed by atoms with Gasteiger partial charge in [0.15, 0.2) is 0 Å². The van der Waals surface area contributed by atoms with Crippen LogP contribution in [-0.4, -0.2) is 41.2 Å². The molecule has 1 N–H and O–H groups in total. The normalized spacial score (nSPS) is 11.6. The van der Waals surface area contributed by atoms with Crippen molar-refractivity contribution >= 4 is 21.6 Å². The standard InChI is InChI=1S/C15H20N4O3S/c1-13(20)17-15-10-16-18(12-15)8-9-19(23(2,21)22)11-14-6-4-3-5-7-14/h3-7,10,12H,8-9,11H2,1-2H3,(H,17,20). The van der Waals surface area contributed by atoms with Crippen molar-refractivity contribution in [3.63, 3.8) is 0 Å². The zero-order chi connectivity index (χ0) is 16.9. The lowest BCUT2D eigenvalue weighted by atomic mass is 10.2. The first-order valence-electron chi connectivity index (χ1n) is 7.13. The second kappa shape index (κ2) is 7.38. The molecule has 0 saturated heterocycles. The van der Waals surface area contributed by atoms with E-state index in [0.29, 0.717) is 25.3 Å². The van der Waals surface area contributed by atoms with Crippen molar-refractivity contribution in [3.05, 3.63) is 48.3 Å². The zero-order valence-electron chi connectivity index (χ0n) is 13.1. The molecule has 0 radical (unpaired) electrons. The summed E-state index contributed by atoms with van der Waals surface area (Å²) in [6, 6.07) is 9.43.